The first-order valence-electron chi connectivity index (χ1n) is 9.82. The summed E-state index contributed by atoms with van der Waals surface area (Å²) in [5.74, 6) is 0.472. The molecule has 0 amide bonds. The minimum Gasteiger partial charge on any atom is -0.485 e. The molecule has 1 aliphatic rings. The van der Waals surface area contributed by atoms with Crippen LogP contribution in [0.1, 0.15) is 29.2 Å². The van der Waals surface area contributed by atoms with Gasteiger partial charge in [-0.1, -0.05) is 42.5 Å². The molecule has 4 rings (SSSR count). The number of anilines is 1. The smallest absolute Gasteiger partial charge is 0.416 e. The van der Waals surface area contributed by atoms with Crippen LogP contribution in [0.5, 0.6) is 5.75 Å². The van der Waals surface area contributed by atoms with E-state index < -0.39 is 44.8 Å². The van der Waals surface area contributed by atoms with Crippen LogP contribution in [0.2, 0.25) is 0 Å². The van der Waals surface area contributed by atoms with E-state index in [1.54, 1.807) is 24.3 Å². The average Bonchev–Trinajstić information content (AvgIpc) is 2.81. The summed E-state index contributed by atoms with van der Waals surface area (Å²) in [7, 11) is 0. The molecule has 34 heavy (non-hydrogen) atoms. The molecule has 1 unspecified atom stereocenters. The molecular formula is C22H15F3N4O5. The fraction of sp³-hybridized carbons (Fsp3) is 0.136. The molecule has 1 atom stereocenters. The molecule has 174 valence electrons. The number of benzene rings is 3. The highest BCUT2D eigenvalue weighted by Gasteiger charge is 2.38. The Bertz CT molecular complexity index is 1260. The second-order valence-corrected chi connectivity index (χ2v) is 7.29. The van der Waals surface area contributed by atoms with Crippen molar-refractivity contribution in [1.29, 1.82) is 0 Å². The summed E-state index contributed by atoms with van der Waals surface area (Å²) in [6.07, 6.45) is -5.27. The van der Waals surface area contributed by atoms with Gasteiger partial charge in [0.2, 0.25) is 5.69 Å². The molecule has 0 radical (unpaired) electrons. The van der Waals surface area contributed by atoms with Crippen LogP contribution in [-0.2, 0) is 6.18 Å². The summed E-state index contributed by atoms with van der Waals surface area (Å²) in [5.41, 5.74) is -0.484. The topological polar surface area (TPSA) is 120 Å². The van der Waals surface area contributed by atoms with Crippen LogP contribution in [0.15, 0.2) is 71.8 Å². The molecule has 3 aromatic rings. The fourth-order valence-electron chi connectivity index (χ4n) is 3.55. The summed E-state index contributed by atoms with van der Waals surface area (Å²) >= 11 is 0. The zero-order valence-electron chi connectivity index (χ0n) is 17.2. The van der Waals surface area contributed by atoms with Crippen LogP contribution in [-0.4, -0.2) is 15.6 Å². The van der Waals surface area contributed by atoms with Gasteiger partial charge in [0.1, 0.15) is 11.9 Å². The number of halogens is 3. The van der Waals surface area contributed by atoms with Crippen molar-refractivity contribution in [3.8, 4) is 5.75 Å². The minimum atomic E-state index is -5.01. The molecule has 0 saturated carbocycles. The van der Waals surface area contributed by atoms with Crippen LogP contribution in [0.4, 0.5) is 30.2 Å². The molecule has 3 aromatic carbocycles. The zero-order chi connectivity index (χ0) is 24.5. The van der Waals surface area contributed by atoms with Crippen molar-refractivity contribution in [2.75, 3.05) is 5.43 Å². The molecule has 0 saturated heterocycles. The second-order valence-electron chi connectivity index (χ2n) is 7.29. The highest BCUT2D eigenvalue weighted by molar-refractivity contribution is 6.04. The Morgan fingerprint density at radius 1 is 0.941 bits per heavy atom. The highest BCUT2D eigenvalue weighted by atomic mass is 19.4. The number of alkyl halides is 3. The Morgan fingerprint density at radius 2 is 1.53 bits per heavy atom. The van der Waals surface area contributed by atoms with Crippen molar-refractivity contribution < 1.29 is 27.8 Å². The van der Waals surface area contributed by atoms with Crippen molar-refractivity contribution in [2.24, 2.45) is 5.10 Å². The molecule has 1 heterocycles. The lowest BCUT2D eigenvalue weighted by molar-refractivity contribution is -0.392. The largest absolute Gasteiger partial charge is 0.485 e. The van der Waals surface area contributed by atoms with E-state index in [1.165, 1.54) is 0 Å². The quantitative estimate of drug-likeness (QED) is 0.367. The Kier molecular flexibility index (Phi) is 5.88. The summed E-state index contributed by atoms with van der Waals surface area (Å²) in [6.45, 7) is 0. The molecule has 0 aromatic heterocycles. The molecule has 0 fully saturated rings. The highest BCUT2D eigenvalue weighted by Crippen LogP contribution is 2.42. The van der Waals surface area contributed by atoms with E-state index in [4.69, 9.17) is 4.74 Å². The third-order valence-electron chi connectivity index (χ3n) is 5.14. The van der Waals surface area contributed by atoms with E-state index in [9.17, 15) is 33.4 Å². The lowest BCUT2D eigenvalue weighted by atomic mass is 9.96. The lowest BCUT2D eigenvalue weighted by Crippen LogP contribution is -2.22. The molecule has 9 nitrogen and oxygen atoms in total. The van der Waals surface area contributed by atoms with Crippen LogP contribution in [0.3, 0.4) is 0 Å². The number of hydrazone groups is 1. The number of ether oxygens (including phenoxy) is 1. The molecule has 0 aliphatic carbocycles. The van der Waals surface area contributed by atoms with Gasteiger partial charge in [-0.25, -0.2) is 0 Å². The monoisotopic (exact) mass is 472 g/mol. The first-order chi connectivity index (χ1) is 16.1. The van der Waals surface area contributed by atoms with Crippen LogP contribution >= 0.6 is 0 Å². The van der Waals surface area contributed by atoms with Gasteiger partial charge in [0.15, 0.2) is 0 Å². The van der Waals surface area contributed by atoms with Crippen LogP contribution < -0.4 is 10.2 Å². The van der Waals surface area contributed by atoms with E-state index >= 15 is 0 Å². The second kappa shape index (κ2) is 8.81. The van der Waals surface area contributed by atoms with Crippen molar-refractivity contribution in [3.05, 3.63) is 104 Å². The Morgan fingerprint density at radius 3 is 2.12 bits per heavy atom. The molecule has 12 heteroatoms. The number of nitrogens with one attached hydrogen (secondary N) is 1. The Labute approximate surface area is 189 Å². The van der Waals surface area contributed by atoms with Crippen molar-refractivity contribution in [3.63, 3.8) is 0 Å². The van der Waals surface area contributed by atoms with E-state index in [-0.39, 0.29) is 18.6 Å². The van der Waals surface area contributed by atoms with Gasteiger partial charge in [0.25, 0.3) is 0 Å². The number of hydrogen-bond acceptors (Lipinski definition) is 7. The lowest BCUT2D eigenvalue weighted by Gasteiger charge is -2.27. The SMILES string of the molecule is O=[N+]([O-])c1cc(C(F)(F)F)cc([N+](=O)[O-])c1N/N=C1/CC(c2ccccc2)Oc2ccccc21. The van der Waals surface area contributed by atoms with Gasteiger partial charge in [0.05, 0.1) is 21.1 Å². The first kappa shape index (κ1) is 22.7. The number of rotatable bonds is 5. The number of nitro benzene ring substituents is 2. The maximum absolute atomic E-state index is 13.1. The predicted octanol–water partition coefficient (Wildman–Crippen LogP) is 5.86. The molecule has 1 N–H and O–H groups in total. The van der Waals surface area contributed by atoms with Gasteiger partial charge in [-0.05, 0) is 17.7 Å². The van der Waals surface area contributed by atoms with Crippen LogP contribution in [0.25, 0.3) is 0 Å². The number of para-hydroxylation sites is 1. The number of fused-ring (bicyclic) bond motifs is 1. The van der Waals surface area contributed by atoms with Crippen molar-refractivity contribution in [2.45, 2.75) is 18.7 Å². The Balaban J connectivity index is 1.79. The van der Waals surface area contributed by atoms with Crippen LogP contribution in [0, 0.1) is 20.2 Å². The van der Waals surface area contributed by atoms with Gasteiger partial charge in [-0.15, -0.1) is 0 Å². The maximum atomic E-state index is 13.1. The first-order valence-corrected chi connectivity index (χ1v) is 9.82. The fourth-order valence-corrected chi connectivity index (χ4v) is 3.55. The maximum Gasteiger partial charge on any atom is 0.416 e. The minimum absolute atomic E-state index is 0.205. The molecule has 1 aliphatic heterocycles. The standard InChI is InChI=1S/C22H15F3N4O5/c23-22(24,25)14-10-17(28(30)31)21(18(11-14)29(32)33)27-26-16-12-20(13-6-2-1-3-7-13)34-19-9-5-4-8-15(16)19/h1-11,20,27H,12H2/b26-16-. The third-order valence-corrected chi connectivity index (χ3v) is 5.14. The van der Waals surface area contributed by atoms with Gasteiger partial charge in [0, 0.05) is 24.1 Å². The van der Waals surface area contributed by atoms with Crippen molar-refractivity contribution >= 4 is 22.8 Å². The van der Waals surface area contributed by atoms with Gasteiger partial charge < -0.3 is 4.74 Å². The van der Waals surface area contributed by atoms with Gasteiger partial charge in [-0.3, -0.25) is 25.7 Å². The normalized spacial score (nSPS) is 16.4. The summed E-state index contributed by atoms with van der Waals surface area (Å²) in [6, 6.07) is 16.5. The zero-order valence-corrected chi connectivity index (χ0v) is 17.2. The third kappa shape index (κ3) is 4.51. The van der Waals surface area contributed by atoms with E-state index in [2.05, 4.69) is 10.5 Å². The number of nitro groups is 2. The predicted molar refractivity (Wildman–Crippen MR) is 116 cm³/mol. The number of hydrogen-bond donors (Lipinski definition) is 1. The van der Waals surface area contributed by atoms with Crippen molar-refractivity contribution in [1.82, 2.24) is 0 Å². The van der Waals surface area contributed by atoms with Gasteiger partial charge in [-0.2, -0.15) is 18.3 Å². The van der Waals surface area contributed by atoms with E-state index in [1.807, 2.05) is 30.3 Å². The molecular weight excluding hydrogens is 457 g/mol. The Hall–Kier alpha value is -4.48. The average molecular weight is 472 g/mol. The molecule has 0 bridgehead atoms. The van der Waals surface area contributed by atoms with E-state index in [0.717, 1.165) is 5.56 Å². The summed E-state index contributed by atoms with van der Waals surface area (Å²) in [5, 5.41) is 27.1. The van der Waals surface area contributed by atoms with E-state index in [0.29, 0.717) is 17.0 Å². The summed E-state index contributed by atoms with van der Waals surface area (Å²) < 4.78 is 45.5. The number of nitrogens with zero attached hydrogens (tertiary/aromatic N) is 3. The summed E-state index contributed by atoms with van der Waals surface area (Å²) in [4.78, 5) is 20.7. The van der Waals surface area contributed by atoms with Gasteiger partial charge >= 0.3 is 17.6 Å². The molecule has 0 spiro atoms.